The molecule has 0 amide bonds. The van der Waals surface area contributed by atoms with Gasteiger partial charge in [0.25, 0.3) is 0 Å². The van der Waals surface area contributed by atoms with E-state index in [-0.39, 0.29) is 5.69 Å². The molecule has 1 aliphatic rings. The topological polar surface area (TPSA) is 39.0 Å². The van der Waals surface area contributed by atoms with Crippen LogP contribution in [0.4, 0.5) is 0 Å². The third kappa shape index (κ3) is 2.00. The van der Waals surface area contributed by atoms with Gasteiger partial charge in [-0.2, -0.15) is 0 Å². The summed E-state index contributed by atoms with van der Waals surface area (Å²) < 4.78 is 3.91. The number of aromatic nitrogens is 2. The minimum Gasteiger partial charge on any atom is -0.317 e. The SMILES string of the molecule is CCn1c(=O)n(C2CCNCC2)c2ccc(C)cc21. The second-order valence-corrected chi connectivity index (χ2v) is 5.37. The standard InChI is InChI=1S/C15H21N3O/c1-3-17-14-10-11(2)4-5-13(14)18(15(17)19)12-6-8-16-9-7-12/h4-5,10,12,16H,3,6-9H2,1-2H3. The van der Waals surface area contributed by atoms with Gasteiger partial charge in [0, 0.05) is 12.6 Å². The van der Waals surface area contributed by atoms with Crippen molar-refractivity contribution in [2.75, 3.05) is 13.1 Å². The first kappa shape index (κ1) is 12.5. The Morgan fingerprint density at radius 2 is 2.00 bits per heavy atom. The summed E-state index contributed by atoms with van der Waals surface area (Å²) in [6.07, 6.45) is 2.08. The molecule has 2 heterocycles. The van der Waals surface area contributed by atoms with Crippen LogP contribution in [0.15, 0.2) is 23.0 Å². The van der Waals surface area contributed by atoms with Crippen molar-refractivity contribution >= 4 is 11.0 Å². The molecule has 0 bridgehead atoms. The second-order valence-electron chi connectivity index (χ2n) is 5.37. The highest BCUT2D eigenvalue weighted by molar-refractivity contribution is 5.77. The molecule has 1 aromatic carbocycles. The maximum Gasteiger partial charge on any atom is 0.329 e. The first-order valence-electron chi connectivity index (χ1n) is 7.14. The molecular formula is C15H21N3O. The second kappa shape index (κ2) is 4.85. The maximum atomic E-state index is 12.6. The van der Waals surface area contributed by atoms with Crippen molar-refractivity contribution in [3.63, 3.8) is 0 Å². The summed E-state index contributed by atoms with van der Waals surface area (Å²) in [5.41, 5.74) is 3.52. The summed E-state index contributed by atoms with van der Waals surface area (Å²) in [6.45, 7) is 6.85. The zero-order valence-electron chi connectivity index (χ0n) is 11.6. The Morgan fingerprint density at radius 1 is 1.26 bits per heavy atom. The van der Waals surface area contributed by atoms with E-state index in [1.807, 2.05) is 16.1 Å². The number of benzene rings is 1. The molecule has 102 valence electrons. The number of piperidine rings is 1. The quantitative estimate of drug-likeness (QED) is 0.896. The van der Waals surface area contributed by atoms with Crippen LogP contribution in [0.2, 0.25) is 0 Å². The number of aryl methyl sites for hydroxylation is 2. The zero-order valence-corrected chi connectivity index (χ0v) is 11.6. The van der Waals surface area contributed by atoms with Gasteiger partial charge in [-0.25, -0.2) is 4.79 Å². The van der Waals surface area contributed by atoms with E-state index in [0.717, 1.165) is 43.5 Å². The highest BCUT2D eigenvalue weighted by Gasteiger charge is 2.21. The monoisotopic (exact) mass is 259 g/mol. The van der Waals surface area contributed by atoms with E-state index in [0.29, 0.717) is 6.04 Å². The molecule has 3 rings (SSSR count). The van der Waals surface area contributed by atoms with Crippen LogP contribution in [0.25, 0.3) is 11.0 Å². The predicted molar refractivity (Wildman–Crippen MR) is 77.7 cm³/mol. The molecule has 0 unspecified atom stereocenters. The van der Waals surface area contributed by atoms with Gasteiger partial charge in [-0.05, 0) is 57.5 Å². The van der Waals surface area contributed by atoms with Gasteiger partial charge < -0.3 is 5.32 Å². The first-order valence-corrected chi connectivity index (χ1v) is 7.14. The molecule has 0 aliphatic carbocycles. The zero-order chi connectivity index (χ0) is 13.4. The fourth-order valence-electron chi connectivity index (χ4n) is 3.11. The normalized spacial score (nSPS) is 17.2. The third-order valence-electron chi connectivity index (χ3n) is 4.11. The van der Waals surface area contributed by atoms with Crippen LogP contribution in [-0.2, 0) is 6.54 Å². The fourth-order valence-corrected chi connectivity index (χ4v) is 3.11. The Bertz CT molecular complexity index is 647. The minimum absolute atomic E-state index is 0.148. The highest BCUT2D eigenvalue weighted by atomic mass is 16.1. The van der Waals surface area contributed by atoms with Crippen molar-refractivity contribution in [3.05, 3.63) is 34.2 Å². The lowest BCUT2D eigenvalue weighted by Crippen LogP contribution is -2.34. The Hall–Kier alpha value is -1.55. The van der Waals surface area contributed by atoms with Gasteiger partial charge in [-0.1, -0.05) is 6.07 Å². The first-order chi connectivity index (χ1) is 9.22. The van der Waals surface area contributed by atoms with Gasteiger partial charge in [0.1, 0.15) is 0 Å². The Kier molecular flexibility index (Phi) is 3.19. The lowest BCUT2D eigenvalue weighted by Gasteiger charge is -2.23. The van der Waals surface area contributed by atoms with Crippen molar-refractivity contribution in [2.45, 2.75) is 39.3 Å². The number of fused-ring (bicyclic) bond motifs is 1. The van der Waals surface area contributed by atoms with Crippen LogP contribution in [0.3, 0.4) is 0 Å². The van der Waals surface area contributed by atoms with Crippen LogP contribution in [-0.4, -0.2) is 22.2 Å². The molecule has 4 heteroatoms. The molecular weight excluding hydrogens is 238 g/mol. The number of imidazole rings is 1. The van der Waals surface area contributed by atoms with Crippen molar-refractivity contribution in [1.29, 1.82) is 0 Å². The summed E-state index contributed by atoms with van der Waals surface area (Å²) in [4.78, 5) is 12.6. The van der Waals surface area contributed by atoms with E-state index < -0.39 is 0 Å². The Morgan fingerprint density at radius 3 is 2.68 bits per heavy atom. The highest BCUT2D eigenvalue weighted by Crippen LogP contribution is 2.23. The van der Waals surface area contributed by atoms with Gasteiger partial charge in [-0.15, -0.1) is 0 Å². The average molecular weight is 259 g/mol. The summed E-state index contributed by atoms with van der Waals surface area (Å²) in [6, 6.07) is 6.66. The number of nitrogens with one attached hydrogen (secondary N) is 1. The largest absolute Gasteiger partial charge is 0.329 e. The van der Waals surface area contributed by atoms with Crippen LogP contribution in [0.5, 0.6) is 0 Å². The summed E-state index contributed by atoms with van der Waals surface area (Å²) >= 11 is 0. The molecule has 19 heavy (non-hydrogen) atoms. The van der Waals surface area contributed by atoms with Crippen LogP contribution < -0.4 is 11.0 Å². The molecule has 1 saturated heterocycles. The molecule has 0 saturated carbocycles. The predicted octanol–water partition coefficient (Wildman–Crippen LogP) is 2.06. The van der Waals surface area contributed by atoms with Crippen molar-refractivity contribution in [1.82, 2.24) is 14.5 Å². The van der Waals surface area contributed by atoms with Crippen LogP contribution in [0.1, 0.15) is 31.4 Å². The van der Waals surface area contributed by atoms with E-state index in [2.05, 4.69) is 30.4 Å². The molecule has 2 aromatic rings. The maximum absolute atomic E-state index is 12.6. The fraction of sp³-hybridized carbons (Fsp3) is 0.533. The van der Waals surface area contributed by atoms with Crippen LogP contribution in [0, 0.1) is 6.92 Å². The molecule has 1 fully saturated rings. The molecule has 0 radical (unpaired) electrons. The van der Waals surface area contributed by atoms with Gasteiger partial charge in [-0.3, -0.25) is 9.13 Å². The van der Waals surface area contributed by atoms with Gasteiger partial charge in [0.15, 0.2) is 0 Å². The number of hydrogen-bond acceptors (Lipinski definition) is 2. The average Bonchev–Trinajstić information content (AvgIpc) is 2.70. The van der Waals surface area contributed by atoms with Crippen LogP contribution >= 0.6 is 0 Å². The van der Waals surface area contributed by atoms with Gasteiger partial charge in [0.05, 0.1) is 11.0 Å². The summed E-state index contributed by atoms with van der Waals surface area (Å²) in [7, 11) is 0. The van der Waals surface area contributed by atoms with Crippen molar-refractivity contribution in [2.24, 2.45) is 0 Å². The summed E-state index contributed by atoms with van der Waals surface area (Å²) in [5.74, 6) is 0. The molecule has 0 spiro atoms. The Labute approximate surface area is 113 Å². The lowest BCUT2D eigenvalue weighted by molar-refractivity contribution is 0.365. The Balaban J connectivity index is 2.23. The van der Waals surface area contributed by atoms with E-state index in [1.165, 1.54) is 5.56 Å². The third-order valence-corrected chi connectivity index (χ3v) is 4.11. The van der Waals surface area contributed by atoms with E-state index in [9.17, 15) is 4.79 Å². The minimum atomic E-state index is 0.148. The molecule has 4 nitrogen and oxygen atoms in total. The number of hydrogen-bond donors (Lipinski definition) is 1. The lowest BCUT2D eigenvalue weighted by atomic mass is 10.1. The van der Waals surface area contributed by atoms with E-state index >= 15 is 0 Å². The molecule has 0 atom stereocenters. The van der Waals surface area contributed by atoms with E-state index in [1.54, 1.807) is 0 Å². The molecule has 1 aliphatic heterocycles. The number of rotatable bonds is 2. The summed E-state index contributed by atoms with van der Waals surface area (Å²) in [5, 5.41) is 3.36. The van der Waals surface area contributed by atoms with Crippen molar-refractivity contribution in [3.8, 4) is 0 Å². The number of nitrogens with zero attached hydrogens (tertiary/aromatic N) is 2. The van der Waals surface area contributed by atoms with E-state index in [4.69, 9.17) is 0 Å². The molecule has 1 aromatic heterocycles. The van der Waals surface area contributed by atoms with Gasteiger partial charge >= 0.3 is 5.69 Å². The van der Waals surface area contributed by atoms with Crippen molar-refractivity contribution < 1.29 is 0 Å². The van der Waals surface area contributed by atoms with Gasteiger partial charge in [0.2, 0.25) is 0 Å². The smallest absolute Gasteiger partial charge is 0.317 e. The molecule has 1 N–H and O–H groups in total.